The third kappa shape index (κ3) is 5.63. The van der Waals surface area contributed by atoms with Gasteiger partial charge in [0.2, 0.25) is 10.0 Å². The quantitative estimate of drug-likeness (QED) is 0.799. The van der Waals surface area contributed by atoms with Crippen molar-refractivity contribution in [3.63, 3.8) is 0 Å². The van der Waals surface area contributed by atoms with E-state index in [1.54, 1.807) is 32.9 Å². The van der Waals surface area contributed by atoms with Gasteiger partial charge in [0.1, 0.15) is 5.60 Å². The van der Waals surface area contributed by atoms with E-state index in [0.717, 1.165) is 9.87 Å². The standard InChI is InChI=1S/C14H23N3O4S/c1-14(2,3)21-13(18)16-15-10-11-6-8-12(9-7-11)22(19,20)17(4)5/h6-9,15H,10H2,1-5H3,(H,16,18). The number of nitrogens with zero attached hydrogens (tertiary/aromatic N) is 1. The molecule has 22 heavy (non-hydrogen) atoms. The van der Waals surface area contributed by atoms with Crippen LogP contribution in [0.3, 0.4) is 0 Å². The van der Waals surface area contributed by atoms with Crippen LogP contribution in [0.2, 0.25) is 0 Å². The average molecular weight is 329 g/mol. The van der Waals surface area contributed by atoms with Crippen molar-refractivity contribution in [3.05, 3.63) is 29.8 Å². The minimum atomic E-state index is -3.42. The zero-order chi connectivity index (χ0) is 17.0. The summed E-state index contributed by atoms with van der Waals surface area (Å²) in [5.41, 5.74) is 5.40. The van der Waals surface area contributed by atoms with Gasteiger partial charge < -0.3 is 4.74 Å². The molecule has 0 unspecified atom stereocenters. The van der Waals surface area contributed by atoms with Gasteiger partial charge in [-0.2, -0.15) is 0 Å². The first-order valence-electron chi connectivity index (χ1n) is 6.76. The molecule has 1 rings (SSSR count). The Morgan fingerprint density at radius 2 is 1.73 bits per heavy atom. The predicted molar refractivity (Wildman–Crippen MR) is 83.5 cm³/mol. The van der Waals surface area contributed by atoms with Crippen LogP contribution < -0.4 is 10.9 Å². The lowest BCUT2D eigenvalue weighted by Crippen LogP contribution is -2.40. The summed E-state index contributed by atoms with van der Waals surface area (Å²) in [4.78, 5) is 11.7. The highest BCUT2D eigenvalue weighted by Crippen LogP contribution is 2.13. The fourth-order valence-corrected chi connectivity index (χ4v) is 2.41. The van der Waals surface area contributed by atoms with Crippen molar-refractivity contribution >= 4 is 16.1 Å². The molecule has 0 aliphatic carbocycles. The van der Waals surface area contributed by atoms with Gasteiger partial charge >= 0.3 is 6.09 Å². The van der Waals surface area contributed by atoms with Crippen molar-refractivity contribution in [2.45, 2.75) is 37.8 Å². The van der Waals surface area contributed by atoms with Crippen LogP contribution >= 0.6 is 0 Å². The van der Waals surface area contributed by atoms with E-state index in [4.69, 9.17) is 4.74 Å². The topological polar surface area (TPSA) is 87.7 Å². The smallest absolute Gasteiger partial charge is 0.422 e. The zero-order valence-corrected chi connectivity index (χ0v) is 14.3. The SMILES string of the molecule is CN(C)S(=O)(=O)c1ccc(CNNC(=O)OC(C)(C)C)cc1. The van der Waals surface area contributed by atoms with Crippen LogP contribution in [0.15, 0.2) is 29.2 Å². The average Bonchev–Trinajstić information content (AvgIpc) is 2.37. The van der Waals surface area contributed by atoms with E-state index in [0.29, 0.717) is 6.54 Å². The molecule has 0 heterocycles. The number of hydrogen-bond donors (Lipinski definition) is 2. The van der Waals surface area contributed by atoms with Crippen molar-refractivity contribution in [2.75, 3.05) is 14.1 Å². The molecule has 7 nitrogen and oxygen atoms in total. The fraction of sp³-hybridized carbons (Fsp3) is 0.500. The van der Waals surface area contributed by atoms with Gasteiger partial charge in [-0.25, -0.2) is 22.9 Å². The Hall–Kier alpha value is -1.64. The van der Waals surface area contributed by atoms with Gasteiger partial charge in [0.25, 0.3) is 0 Å². The molecular weight excluding hydrogens is 306 g/mol. The second-order valence-electron chi connectivity index (χ2n) is 5.91. The summed E-state index contributed by atoms with van der Waals surface area (Å²) in [6.07, 6.45) is -0.570. The summed E-state index contributed by atoms with van der Waals surface area (Å²) in [6.45, 7) is 5.67. The van der Waals surface area contributed by atoms with Crippen LogP contribution in [0.25, 0.3) is 0 Å². The normalized spacial score (nSPS) is 12.3. The molecule has 0 fully saturated rings. The number of sulfonamides is 1. The third-order valence-corrected chi connectivity index (χ3v) is 4.41. The summed E-state index contributed by atoms with van der Waals surface area (Å²) in [6, 6.07) is 6.42. The Bertz CT molecular complexity index is 604. The first-order chi connectivity index (χ1) is 10.0. The highest BCUT2D eigenvalue weighted by atomic mass is 32.2. The molecular formula is C14H23N3O4S. The van der Waals surface area contributed by atoms with Crippen LogP contribution in [-0.4, -0.2) is 38.5 Å². The molecule has 8 heteroatoms. The van der Waals surface area contributed by atoms with E-state index < -0.39 is 21.7 Å². The van der Waals surface area contributed by atoms with Gasteiger partial charge in [-0.05, 0) is 38.5 Å². The largest absolute Gasteiger partial charge is 0.443 e. The molecule has 0 bridgehead atoms. The van der Waals surface area contributed by atoms with E-state index in [2.05, 4.69) is 10.9 Å². The van der Waals surface area contributed by atoms with Crippen LogP contribution in [0.4, 0.5) is 4.79 Å². The second kappa shape index (κ2) is 7.08. The van der Waals surface area contributed by atoms with Gasteiger partial charge in [-0.3, -0.25) is 5.43 Å². The zero-order valence-electron chi connectivity index (χ0n) is 13.5. The van der Waals surface area contributed by atoms with Gasteiger partial charge in [0.15, 0.2) is 0 Å². The van der Waals surface area contributed by atoms with E-state index >= 15 is 0 Å². The highest BCUT2D eigenvalue weighted by Gasteiger charge is 2.17. The molecule has 1 aromatic rings. The molecule has 2 N–H and O–H groups in total. The predicted octanol–water partition coefficient (Wildman–Crippen LogP) is 1.47. The lowest BCUT2D eigenvalue weighted by molar-refractivity contribution is 0.0497. The minimum Gasteiger partial charge on any atom is -0.443 e. The Morgan fingerprint density at radius 1 is 1.18 bits per heavy atom. The number of hydrazine groups is 1. The van der Waals surface area contributed by atoms with Crippen LogP contribution in [0, 0.1) is 0 Å². The molecule has 0 aliphatic rings. The summed E-state index contributed by atoms with van der Waals surface area (Å²) in [5, 5.41) is 0. The molecule has 124 valence electrons. The molecule has 0 atom stereocenters. The van der Waals surface area contributed by atoms with Crippen molar-refractivity contribution in [2.24, 2.45) is 0 Å². The van der Waals surface area contributed by atoms with Crippen LogP contribution in [0.1, 0.15) is 26.3 Å². The lowest BCUT2D eigenvalue weighted by Gasteiger charge is -2.19. The Balaban J connectivity index is 2.54. The second-order valence-corrected chi connectivity index (χ2v) is 8.06. The van der Waals surface area contributed by atoms with E-state index in [1.807, 2.05) is 0 Å². The molecule has 0 radical (unpaired) electrons. The Morgan fingerprint density at radius 3 is 2.18 bits per heavy atom. The van der Waals surface area contributed by atoms with Crippen molar-refractivity contribution in [1.82, 2.24) is 15.2 Å². The van der Waals surface area contributed by atoms with E-state index in [9.17, 15) is 13.2 Å². The molecule has 0 spiro atoms. The minimum absolute atomic E-state index is 0.223. The summed E-state index contributed by atoms with van der Waals surface area (Å²) in [5.74, 6) is 0. The summed E-state index contributed by atoms with van der Waals surface area (Å²) < 4.78 is 30.1. The molecule has 0 aromatic heterocycles. The van der Waals surface area contributed by atoms with Crippen molar-refractivity contribution in [1.29, 1.82) is 0 Å². The van der Waals surface area contributed by atoms with E-state index in [-0.39, 0.29) is 4.90 Å². The lowest BCUT2D eigenvalue weighted by atomic mass is 10.2. The maximum Gasteiger partial charge on any atom is 0.422 e. The maximum absolute atomic E-state index is 11.9. The number of benzene rings is 1. The number of rotatable bonds is 5. The number of carbonyl (C=O) groups excluding carboxylic acids is 1. The summed E-state index contributed by atoms with van der Waals surface area (Å²) >= 11 is 0. The van der Waals surface area contributed by atoms with Crippen LogP contribution in [-0.2, 0) is 21.3 Å². The first kappa shape index (κ1) is 18.4. The molecule has 1 aromatic carbocycles. The Kier molecular flexibility index (Phi) is 5.92. The number of nitrogens with one attached hydrogen (secondary N) is 2. The van der Waals surface area contributed by atoms with Crippen molar-refractivity contribution in [3.8, 4) is 0 Å². The number of carbonyl (C=O) groups is 1. The molecule has 0 saturated carbocycles. The van der Waals surface area contributed by atoms with Gasteiger partial charge in [0, 0.05) is 20.6 Å². The number of ether oxygens (including phenoxy) is 1. The first-order valence-corrected chi connectivity index (χ1v) is 8.20. The number of amides is 1. The van der Waals surface area contributed by atoms with Gasteiger partial charge in [-0.1, -0.05) is 12.1 Å². The monoisotopic (exact) mass is 329 g/mol. The van der Waals surface area contributed by atoms with Gasteiger partial charge in [0.05, 0.1) is 4.90 Å². The molecule has 0 saturated heterocycles. The maximum atomic E-state index is 11.9. The van der Waals surface area contributed by atoms with Crippen LogP contribution in [0.5, 0.6) is 0 Å². The number of hydrogen-bond acceptors (Lipinski definition) is 5. The van der Waals surface area contributed by atoms with Gasteiger partial charge in [-0.15, -0.1) is 0 Å². The fourth-order valence-electron chi connectivity index (χ4n) is 1.51. The van der Waals surface area contributed by atoms with E-state index in [1.165, 1.54) is 26.2 Å². The molecule has 1 amide bonds. The third-order valence-electron chi connectivity index (χ3n) is 2.58. The highest BCUT2D eigenvalue weighted by molar-refractivity contribution is 7.89. The molecule has 0 aliphatic heterocycles. The Labute approximate surface area is 131 Å². The summed E-state index contributed by atoms with van der Waals surface area (Å²) in [7, 11) is -0.461. The van der Waals surface area contributed by atoms with Crippen molar-refractivity contribution < 1.29 is 17.9 Å².